The van der Waals surface area contributed by atoms with Crippen LogP contribution in [0.1, 0.15) is 26.4 Å². The molecule has 0 atom stereocenters. The van der Waals surface area contributed by atoms with Crippen LogP contribution in [-0.4, -0.2) is 17.1 Å². The van der Waals surface area contributed by atoms with Gasteiger partial charge >= 0.3 is 0 Å². The van der Waals surface area contributed by atoms with Crippen LogP contribution < -0.4 is 0 Å². The molecule has 0 saturated heterocycles. The molecule has 4 rings (SSSR count). The molecular weight excluding hydrogens is 286 g/mol. The minimum absolute atomic E-state index is 0.102. The van der Waals surface area contributed by atoms with Gasteiger partial charge in [0.2, 0.25) is 0 Å². The molecule has 1 heterocycles. The fraction of sp³-hybridized carbons (Fsp3) is 0. The molecule has 3 nitrogen and oxygen atoms in total. The Kier molecular flexibility index (Phi) is 2.47. The van der Waals surface area contributed by atoms with E-state index >= 15 is 0 Å². The van der Waals surface area contributed by atoms with Gasteiger partial charge in [0, 0.05) is 16.5 Å². The number of fused-ring (bicyclic) bond motifs is 2. The summed E-state index contributed by atoms with van der Waals surface area (Å²) in [6.45, 7) is 0. The van der Waals surface area contributed by atoms with E-state index in [0.29, 0.717) is 33.6 Å². The molecule has 0 bridgehead atoms. The van der Waals surface area contributed by atoms with Crippen LogP contribution in [0.15, 0.2) is 42.5 Å². The smallest absolute Gasteiger partial charge is 0.195 e. The molecule has 3 aromatic rings. The molecule has 1 aliphatic rings. The maximum atomic E-state index is 12.7. The Morgan fingerprint density at radius 1 is 1.00 bits per heavy atom. The second-order valence-corrected chi connectivity index (χ2v) is 5.31. The molecule has 1 aromatic heterocycles. The number of hydrogen-bond donors (Lipinski definition) is 0. The van der Waals surface area contributed by atoms with Crippen LogP contribution in [0.5, 0.6) is 0 Å². The Morgan fingerprint density at radius 2 is 1.76 bits per heavy atom. The second kappa shape index (κ2) is 4.24. The molecule has 21 heavy (non-hydrogen) atoms. The van der Waals surface area contributed by atoms with Gasteiger partial charge in [-0.05, 0) is 29.3 Å². The molecule has 0 saturated carbocycles. The maximum absolute atomic E-state index is 12.7. The van der Waals surface area contributed by atoms with Crippen molar-refractivity contribution in [2.24, 2.45) is 0 Å². The number of benzene rings is 2. The largest absolute Gasteiger partial charge is 0.296 e. The van der Waals surface area contributed by atoms with Crippen LogP contribution in [0.2, 0.25) is 5.02 Å². The molecular formula is C17H8ClNO2. The van der Waals surface area contributed by atoms with E-state index in [9.17, 15) is 9.59 Å². The summed E-state index contributed by atoms with van der Waals surface area (Å²) in [6.07, 6.45) is 0.712. The molecule has 0 amide bonds. The molecule has 0 N–H and O–H groups in total. The quantitative estimate of drug-likeness (QED) is 0.500. The number of pyridine rings is 1. The van der Waals surface area contributed by atoms with Crippen LogP contribution in [0.4, 0.5) is 0 Å². The summed E-state index contributed by atoms with van der Waals surface area (Å²) in [5.41, 5.74) is 3.63. The monoisotopic (exact) mass is 293 g/mol. The van der Waals surface area contributed by atoms with E-state index in [0.717, 1.165) is 16.5 Å². The van der Waals surface area contributed by atoms with Crippen LogP contribution in [0, 0.1) is 0 Å². The Hall–Kier alpha value is -2.52. The molecule has 0 radical (unpaired) electrons. The van der Waals surface area contributed by atoms with E-state index in [1.807, 2.05) is 6.07 Å². The first kappa shape index (κ1) is 12.2. The minimum Gasteiger partial charge on any atom is -0.296 e. The van der Waals surface area contributed by atoms with Crippen molar-refractivity contribution in [2.45, 2.75) is 0 Å². The number of halogens is 1. The van der Waals surface area contributed by atoms with Crippen molar-refractivity contribution in [3.63, 3.8) is 0 Å². The molecule has 1 aliphatic carbocycles. The zero-order chi connectivity index (χ0) is 14.6. The van der Waals surface area contributed by atoms with E-state index in [2.05, 4.69) is 4.98 Å². The number of aldehydes is 1. The zero-order valence-corrected chi connectivity index (χ0v) is 11.5. The standard InChI is InChI=1S/C17H8ClNO2/c18-13-5-1-3-10-12-7-9(8-20)19-14-6-2-4-11(15(12)14)17(21)16(10)13/h1-8H. The Labute approximate surface area is 125 Å². The first-order valence-corrected chi connectivity index (χ1v) is 6.81. The third kappa shape index (κ3) is 1.58. The van der Waals surface area contributed by atoms with Crippen molar-refractivity contribution >= 4 is 34.6 Å². The maximum Gasteiger partial charge on any atom is 0.195 e. The van der Waals surface area contributed by atoms with Gasteiger partial charge in [0.15, 0.2) is 12.1 Å². The van der Waals surface area contributed by atoms with Gasteiger partial charge in [0.05, 0.1) is 10.5 Å². The topological polar surface area (TPSA) is 47.0 Å². The molecule has 4 heteroatoms. The van der Waals surface area contributed by atoms with E-state index < -0.39 is 0 Å². The van der Waals surface area contributed by atoms with Crippen LogP contribution in [0.3, 0.4) is 0 Å². The molecule has 2 aromatic carbocycles. The third-order valence-corrected chi connectivity index (χ3v) is 4.06. The van der Waals surface area contributed by atoms with Gasteiger partial charge in [0.1, 0.15) is 5.69 Å². The summed E-state index contributed by atoms with van der Waals surface area (Å²) in [7, 11) is 0. The highest BCUT2D eigenvalue weighted by molar-refractivity contribution is 6.38. The minimum atomic E-state index is -0.102. The van der Waals surface area contributed by atoms with E-state index in [4.69, 9.17) is 11.6 Å². The van der Waals surface area contributed by atoms with Gasteiger partial charge in [-0.3, -0.25) is 9.59 Å². The number of ketones is 1. The SMILES string of the molecule is O=Cc1cc2c3c(cccc3n1)C(=O)c1c(Cl)cccc1-2. The summed E-state index contributed by atoms with van der Waals surface area (Å²) < 4.78 is 0. The number of rotatable bonds is 1. The van der Waals surface area contributed by atoms with Gasteiger partial charge in [-0.25, -0.2) is 4.98 Å². The molecule has 0 aliphatic heterocycles. The molecule has 0 spiro atoms. The lowest BCUT2D eigenvalue weighted by Gasteiger charge is -2.20. The Balaban J connectivity index is 2.26. The van der Waals surface area contributed by atoms with Gasteiger partial charge < -0.3 is 0 Å². The van der Waals surface area contributed by atoms with Gasteiger partial charge in [0.25, 0.3) is 0 Å². The van der Waals surface area contributed by atoms with Crippen molar-refractivity contribution in [3.8, 4) is 11.1 Å². The summed E-state index contributed by atoms with van der Waals surface area (Å²) >= 11 is 6.21. The first-order chi connectivity index (χ1) is 10.2. The summed E-state index contributed by atoms with van der Waals surface area (Å²) in [5.74, 6) is -0.102. The summed E-state index contributed by atoms with van der Waals surface area (Å²) in [5, 5.41) is 1.20. The number of nitrogens with zero attached hydrogens (tertiary/aromatic N) is 1. The summed E-state index contributed by atoms with van der Waals surface area (Å²) in [4.78, 5) is 28.1. The Morgan fingerprint density at radius 3 is 2.57 bits per heavy atom. The van der Waals surface area contributed by atoms with Crippen molar-refractivity contribution < 1.29 is 9.59 Å². The predicted molar refractivity (Wildman–Crippen MR) is 81.0 cm³/mol. The summed E-state index contributed by atoms with van der Waals surface area (Å²) in [6, 6.07) is 12.4. The van der Waals surface area contributed by atoms with Crippen LogP contribution >= 0.6 is 11.6 Å². The molecule has 100 valence electrons. The van der Waals surface area contributed by atoms with E-state index in [1.165, 1.54) is 0 Å². The number of carbonyl (C=O) groups is 2. The fourth-order valence-corrected chi connectivity index (χ4v) is 3.14. The van der Waals surface area contributed by atoms with Crippen molar-refractivity contribution in [1.82, 2.24) is 4.98 Å². The van der Waals surface area contributed by atoms with Crippen LogP contribution in [-0.2, 0) is 0 Å². The highest BCUT2D eigenvalue weighted by atomic mass is 35.5. The fourth-order valence-electron chi connectivity index (χ4n) is 2.88. The third-order valence-electron chi connectivity index (χ3n) is 3.75. The lowest BCUT2D eigenvalue weighted by molar-refractivity contribution is 0.104. The Bertz CT molecular complexity index is 947. The van der Waals surface area contributed by atoms with Crippen molar-refractivity contribution in [3.05, 3.63) is 64.3 Å². The van der Waals surface area contributed by atoms with Gasteiger partial charge in [-0.1, -0.05) is 35.9 Å². The predicted octanol–water partition coefficient (Wildman–Crippen LogP) is 3.91. The lowest BCUT2D eigenvalue weighted by Crippen LogP contribution is -2.11. The van der Waals surface area contributed by atoms with Gasteiger partial charge in [-0.15, -0.1) is 0 Å². The normalized spacial score (nSPS) is 12.3. The van der Waals surface area contributed by atoms with Crippen molar-refractivity contribution in [2.75, 3.05) is 0 Å². The number of carbonyl (C=O) groups excluding carboxylic acids is 2. The van der Waals surface area contributed by atoms with E-state index in [-0.39, 0.29) is 5.78 Å². The molecule has 0 fully saturated rings. The average Bonchev–Trinajstić information content (AvgIpc) is 2.51. The average molecular weight is 294 g/mol. The van der Waals surface area contributed by atoms with Gasteiger partial charge in [-0.2, -0.15) is 0 Å². The van der Waals surface area contributed by atoms with E-state index in [1.54, 1.807) is 36.4 Å². The highest BCUT2D eigenvalue weighted by Gasteiger charge is 2.27. The number of aromatic nitrogens is 1. The first-order valence-electron chi connectivity index (χ1n) is 6.43. The highest BCUT2D eigenvalue weighted by Crippen LogP contribution is 2.41. The number of hydrogen-bond acceptors (Lipinski definition) is 3. The zero-order valence-electron chi connectivity index (χ0n) is 10.8. The second-order valence-electron chi connectivity index (χ2n) is 4.90. The van der Waals surface area contributed by atoms with Crippen LogP contribution in [0.25, 0.3) is 22.0 Å². The molecule has 0 unspecified atom stereocenters. The lowest BCUT2D eigenvalue weighted by atomic mass is 9.84. The van der Waals surface area contributed by atoms with Crippen molar-refractivity contribution in [1.29, 1.82) is 0 Å².